The van der Waals surface area contributed by atoms with E-state index in [9.17, 15) is 13.6 Å². The van der Waals surface area contributed by atoms with Gasteiger partial charge in [0.2, 0.25) is 5.91 Å². The maximum Gasteiger partial charge on any atom is 0.387 e. The Morgan fingerprint density at radius 1 is 1.52 bits per heavy atom. The van der Waals surface area contributed by atoms with E-state index >= 15 is 0 Å². The summed E-state index contributed by atoms with van der Waals surface area (Å²) in [6.45, 7) is -0.767. The minimum absolute atomic E-state index is 0. The van der Waals surface area contributed by atoms with Crippen LogP contribution in [-0.4, -0.2) is 36.8 Å². The molecule has 1 unspecified atom stereocenters. The molecule has 130 valence electrons. The molecule has 1 heterocycles. The quantitative estimate of drug-likeness (QED) is 0.774. The van der Waals surface area contributed by atoms with Crippen LogP contribution in [0.3, 0.4) is 0 Å². The van der Waals surface area contributed by atoms with Gasteiger partial charge in [-0.05, 0) is 13.0 Å². The maximum atomic E-state index is 12.6. The molecule has 1 aromatic carbocycles. The summed E-state index contributed by atoms with van der Waals surface area (Å²) in [6.07, 6.45) is 0. The topological polar surface area (TPSA) is 59.6 Å². The molecule has 1 fully saturated rings. The molecule has 1 aliphatic heterocycles. The first-order valence-electron chi connectivity index (χ1n) is 6.90. The van der Waals surface area contributed by atoms with Crippen LogP contribution in [0.15, 0.2) is 18.2 Å². The van der Waals surface area contributed by atoms with Gasteiger partial charge >= 0.3 is 6.61 Å². The molecule has 2 N–H and O–H groups in total. The third kappa shape index (κ3) is 5.71. The molecule has 0 saturated carbocycles. The van der Waals surface area contributed by atoms with Crippen LogP contribution in [0.1, 0.15) is 12.5 Å². The Hall–Kier alpha value is -1.25. The number of ether oxygens (including phenoxy) is 2. The van der Waals surface area contributed by atoms with Gasteiger partial charge in [0.15, 0.2) is 11.5 Å². The molecule has 1 aromatic rings. The Kier molecular flexibility index (Phi) is 8.43. The summed E-state index contributed by atoms with van der Waals surface area (Å²) in [7, 11) is 0. The summed E-state index contributed by atoms with van der Waals surface area (Å²) >= 11 is 1.64. The van der Waals surface area contributed by atoms with Gasteiger partial charge in [0, 0.05) is 23.7 Å². The lowest BCUT2D eigenvalue weighted by atomic mass is 10.1. The van der Waals surface area contributed by atoms with Gasteiger partial charge in [-0.2, -0.15) is 8.78 Å². The highest BCUT2D eigenvalue weighted by atomic mass is 35.5. The van der Waals surface area contributed by atoms with Crippen molar-refractivity contribution in [3.63, 3.8) is 0 Å². The standard InChI is InChI=1S/C14H18F2N2O3S.ClH/c1-2-20-11-5-3-4-9(12(11)21-14(15)16)6-17-13(19)10-7-22-8-18-10;/h3-5,10,14,18H,2,6-8H2,1H3,(H,17,19);1H. The minimum atomic E-state index is -2.95. The monoisotopic (exact) mass is 368 g/mol. The predicted molar refractivity (Wildman–Crippen MR) is 87.6 cm³/mol. The van der Waals surface area contributed by atoms with Gasteiger partial charge in [-0.25, -0.2) is 0 Å². The van der Waals surface area contributed by atoms with E-state index in [0.29, 0.717) is 17.9 Å². The average Bonchev–Trinajstić information content (AvgIpc) is 3.01. The summed E-state index contributed by atoms with van der Waals surface area (Å²) < 4.78 is 35.0. The van der Waals surface area contributed by atoms with Crippen molar-refractivity contribution in [2.24, 2.45) is 0 Å². The zero-order chi connectivity index (χ0) is 15.9. The first-order chi connectivity index (χ1) is 10.6. The van der Waals surface area contributed by atoms with E-state index in [1.165, 1.54) is 0 Å². The van der Waals surface area contributed by atoms with Gasteiger partial charge in [0.05, 0.1) is 12.6 Å². The number of carbonyl (C=O) groups is 1. The molecule has 9 heteroatoms. The average molecular weight is 369 g/mol. The number of amides is 1. The number of rotatable bonds is 7. The lowest BCUT2D eigenvalue weighted by Crippen LogP contribution is -2.41. The number of alkyl halides is 2. The summed E-state index contributed by atoms with van der Waals surface area (Å²) in [5.74, 6) is 1.48. The van der Waals surface area contributed by atoms with E-state index in [4.69, 9.17) is 4.74 Å². The molecule has 1 saturated heterocycles. The zero-order valence-corrected chi connectivity index (χ0v) is 14.1. The molecule has 1 atom stereocenters. The van der Waals surface area contributed by atoms with Crippen LogP contribution in [0, 0.1) is 0 Å². The number of hydrogen-bond acceptors (Lipinski definition) is 5. The van der Waals surface area contributed by atoms with E-state index < -0.39 is 6.61 Å². The van der Waals surface area contributed by atoms with Crippen LogP contribution in [0.25, 0.3) is 0 Å². The summed E-state index contributed by atoms with van der Waals surface area (Å²) in [6, 6.07) is 4.60. The van der Waals surface area contributed by atoms with Crippen LogP contribution in [0.4, 0.5) is 8.78 Å². The van der Waals surface area contributed by atoms with Gasteiger partial charge in [-0.15, -0.1) is 24.2 Å². The number of nitrogens with one attached hydrogen (secondary N) is 2. The largest absolute Gasteiger partial charge is 0.490 e. The second-order valence-electron chi connectivity index (χ2n) is 4.55. The molecule has 2 rings (SSSR count). The molecule has 1 aliphatic rings. The number of carbonyl (C=O) groups excluding carboxylic acids is 1. The van der Waals surface area contributed by atoms with Crippen molar-refractivity contribution < 1.29 is 23.0 Å². The van der Waals surface area contributed by atoms with Crippen molar-refractivity contribution in [3.05, 3.63) is 23.8 Å². The number of thioether (sulfide) groups is 1. The molecule has 0 bridgehead atoms. The minimum Gasteiger partial charge on any atom is -0.490 e. The van der Waals surface area contributed by atoms with Gasteiger partial charge in [-0.3, -0.25) is 10.1 Å². The lowest BCUT2D eigenvalue weighted by molar-refractivity contribution is -0.122. The Bertz CT molecular complexity index is 517. The Labute approximate surface area is 143 Å². The summed E-state index contributed by atoms with van der Waals surface area (Å²) in [4.78, 5) is 12.0. The van der Waals surface area contributed by atoms with Gasteiger partial charge in [0.1, 0.15) is 0 Å². The van der Waals surface area contributed by atoms with Crippen LogP contribution in [0.2, 0.25) is 0 Å². The van der Waals surface area contributed by atoms with Crippen molar-refractivity contribution in [2.75, 3.05) is 18.2 Å². The molecule has 1 amide bonds. The highest BCUT2D eigenvalue weighted by Crippen LogP contribution is 2.32. The number of halogens is 3. The zero-order valence-electron chi connectivity index (χ0n) is 12.5. The maximum absolute atomic E-state index is 12.6. The number of para-hydroxylation sites is 1. The van der Waals surface area contributed by atoms with Crippen LogP contribution >= 0.6 is 24.2 Å². The molecule has 23 heavy (non-hydrogen) atoms. The fourth-order valence-electron chi connectivity index (χ4n) is 2.06. The Morgan fingerprint density at radius 2 is 2.30 bits per heavy atom. The van der Waals surface area contributed by atoms with Crippen LogP contribution < -0.4 is 20.1 Å². The summed E-state index contributed by atoms with van der Waals surface area (Å²) in [5, 5.41) is 5.77. The number of hydrogen-bond donors (Lipinski definition) is 2. The predicted octanol–water partition coefficient (Wildman–Crippen LogP) is 2.39. The van der Waals surface area contributed by atoms with Crippen LogP contribution in [-0.2, 0) is 11.3 Å². The van der Waals surface area contributed by atoms with E-state index in [0.717, 1.165) is 5.88 Å². The Morgan fingerprint density at radius 3 is 2.91 bits per heavy atom. The molecule has 0 radical (unpaired) electrons. The van der Waals surface area contributed by atoms with Crippen LogP contribution in [0.5, 0.6) is 11.5 Å². The van der Waals surface area contributed by atoms with Crippen molar-refractivity contribution in [3.8, 4) is 11.5 Å². The van der Waals surface area contributed by atoms with E-state index in [1.807, 2.05) is 0 Å². The first-order valence-corrected chi connectivity index (χ1v) is 8.05. The van der Waals surface area contributed by atoms with Gasteiger partial charge in [-0.1, -0.05) is 12.1 Å². The Balaban J connectivity index is 0.00000264. The van der Waals surface area contributed by atoms with Crippen molar-refractivity contribution >= 4 is 30.1 Å². The van der Waals surface area contributed by atoms with Gasteiger partial charge < -0.3 is 14.8 Å². The number of benzene rings is 1. The lowest BCUT2D eigenvalue weighted by Gasteiger charge is -2.16. The second-order valence-corrected chi connectivity index (χ2v) is 5.58. The van der Waals surface area contributed by atoms with Crippen molar-refractivity contribution in [2.45, 2.75) is 26.1 Å². The fourth-order valence-corrected chi connectivity index (χ4v) is 3.00. The molecule has 0 aliphatic carbocycles. The van der Waals surface area contributed by atoms with Gasteiger partial charge in [0.25, 0.3) is 0 Å². The van der Waals surface area contributed by atoms with E-state index in [1.54, 1.807) is 36.9 Å². The third-order valence-electron chi connectivity index (χ3n) is 3.05. The highest BCUT2D eigenvalue weighted by Gasteiger charge is 2.23. The summed E-state index contributed by atoms with van der Waals surface area (Å²) in [5.41, 5.74) is 0.449. The SMILES string of the molecule is CCOc1cccc(CNC(=O)C2CSCN2)c1OC(F)F.Cl. The molecule has 0 aromatic heterocycles. The highest BCUT2D eigenvalue weighted by molar-refractivity contribution is 7.99. The first kappa shape index (κ1) is 19.8. The molecule has 0 spiro atoms. The molecular formula is C14H19ClF2N2O3S. The molecule has 5 nitrogen and oxygen atoms in total. The van der Waals surface area contributed by atoms with E-state index in [-0.39, 0.29) is 42.4 Å². The fraction of sp³-hybridized carbons (Fsp3) is 0.500. The second kappa shape index (κ2) is 9.79. The smallest absolute Gasteiger partial charge is 0.387 e. The molecular weight excluding hydrogens is 350 g/mol. The normalized spacial score (nSPS) is 16.8. The van der Waals surface area contributed by atoms with Crippen molar-refractivity contribution in [1.29, 1.82) is 0 Å². The van der Waals surface area contributed by atoms with Crippen molar-refractivity contribution in [1.82, 2.24) is 10.6 Å². The van der Waals surface area contributed by atoms with E-state index in [2.05, 4.69) is 15.4 Å². The third-order valence-corrected chi connectivity index (χ3v) is 3.99.